The minimum absolute atomic E-state index is 0.00511. The molecule has 0 aliphatic carbocycles. The third-order valence-electron chi connectivity index (χ3n) is 2.63. The van der Waals surface area contributed by atoms with Crippen molar-refractivity contribution in [2.45, 2.75) is 25.8 Å². The molecular formula is C12H16N2O2. The Morgan fingerprint density at radius 3 is 2.88 bits per heavy atom. The number of aliphatic carboxylic acids is 1. The van der Waals surface area contributed by atoms with Crippen LogP contribution in [0.25, 0.3) is 0 Å². The van der Waals surface area contributed by atoms with Gasteiger partial charge in [-0.15, -0.1) is 0 Å². The zero-order valence-corrected chi connectivity index (χ0v) is 9.50. The number of benzene rings is 1. The van der Waals surface area contributed by atoms with Crippen LogP contribution in [0.15, 0.2) is 18.2 Å². The van der Waals surface area contributed by atoms with Gasteiger partial charge in [-0.05, 0) is 31.5 Å². The molecule has 1 aliphatic rings. The second kappa shape index (κ2) is 3.70. The lowest BCUT2D eigenvalue weighted by atomic mass is 10.00. The number of hydrogen-bond donors (Lipinski definition) is 3. The molecule has 4 heteroatoms. The Morgan fingerprint density at radius 2 is 2.19 bits per heavy atom. The minimum atomic E-state index is -0.803. The van der Waals surface area contributed by atoms with Crippen molar-refractivity contribution in [1.82, 2.24) is 0 Å². The lowest BCUT2D eigenvalue weighted by molar-refractivity contribution is -0.136. The molecule has 1 heterocycles. The van der Waals surface area contributed by atoms with Crippen molar-refractivity contribution < 1.29 is 9.90 Å². The summed E-state index contributed by atoms with van der Waals surface area (Å²) in [5.41, 5.74) is 2.83. The molecular weight excluding hydrogens is 204 g/mol. The topological polar surface area (TPSA) is 61.4 Å². The van der Waals surface area contributed by atoms with E-state index in [1.54, 1.807) is 0 Å². The molecule has 0 unspecified atom stereocenters. The number of hydrogen-bond acceptors (Lipinski definition) is 3. The van der Waals surface area contributed by atoms with Gasteiger partial charge in [0.25, 0.3) is 0 Å². The van der Waals surface area contributed by atoms with Gasteiger partial charge in [-0.1, -0.05) is 6.07 Å². The summed E-state index contributed by atoms with van der Waals surface area (Å²) < 4.78 is 0. The summed E-state index contributed by atoms with van der Waals surface area (Å²) in [4.78, 5) is 10.6. The van der Waals surface area contributed by atoms with Crippen LogP contribution in [0.2, 0.25) is 0 Å². The first-order valence-electron chi connectivity index (χ1n) is 5.33. The molecule has 0 atom stereocenters. The van der Waals surface area contributed by atoms with Crippen LogP contribution < -0.4 is 10.6 Å². The maximum Gasteiger partial charge on any atom is 0.307 e. The molecule has 1 aromatic rings. The largest absolute Gasteiger partial charge is 0.481 e. The first kappa shape index (κ1) is 10.8. The summed E-state index contributed by atoms with van der Waals surface area (Å²) >= 11 is 0. The molecule has 0 saturated heterocycles. The number of carboxylic acid groups (broad SMARTS) is 1. The summed E-state index contributed by atoms with van der Waals surface area (Å²) in [7, 11) is 0. The van der Waals surface area contributed by atoms with Gasteiger partial charge in [0.1, 0.15) is 0 Å². The second-order valence-corrected chi connectivity index (χ2v) is 4.81. The molecule has 1 aromatic carbocycles. The van der Waals surface area contributed by atoms with Crippen LogP contribution in [0.1, 0.15) is 19.4 Å². The quantitative estimate of drug-likeness (QED) is 0.712. The third-order valence-corrected chi connectivity index (χ3v) is 2.63. The number of fused-ring (bicyclic) bond motifs is 1. The highest BCUT2D eigenvalue weighted by Gasteiger charge is 2.23. The Bertz CT molecular complexity index is 427. The molecule has 0 aromatic heterocycles. The van der Waals surface area contributed by atoms with Crippen molar-refractivity contribution in [3.63, 3.8) is 0 Å². The second-order valence-electron chi connectivity index (χ2n) is 4.81. The molecule has 0 saturated carbocycles. The van der Waals surface area contributed by atoms with E-state index in [9.17, 15) is 4.79 Å². The van der Waals surface area contributed by atoms with E-state index in [2.05, 4.69) is 24.5 Å². The van der Waals surface area contributed by atoms with Crippen molar-refractivity contribution in [1.29, 1.82) is 0 Å². The molecule has 86 valence electrons. The van der Waals surface area contributed by atoms with Gasteiger partial charge >= 0.3 is 5.97 Å². The molecule has 4 nitrogen and oxygen atoms in total. The van der Waals surface area contributed by atoms with Gasteiger partial charge in [0.05, 0.1) is 17.8 Å². The monoisotopic (exact) mass is 220 g/mol. The molecule has 3 N–H and O–H groups in total. The Morgan fingerprint density at radius 1 is 1.44 bits per heavy atom. The molecule has 0 radical (unpaired) electrons. The van der Waals surface area contributed by atoms with Gasteiger partial charge in [-0.25, -0.2) is 0 Å². The van der Waals surface area contributed by atoms with E-state index < -0.39 is 5.97 Å². The summed E-state index contributed by atoms with van der Waals surface area (Å²) in [6, 6.07) is 5.67. The van der Waals surface area contributed by atoms with Gasteiger partial charge in [-0.2, -0.15) is 0 Å². The molecule has 2 rings (SSSR count). The highest BCUT2D eigenvalue weighted by molar-refractivity contribution is 5.76. The van der Waals surface area contributed by atoms with E-state index in [4.69, 9.17) is 5.11 Å². The zero-order valence-electron chi connectivity index (χ0n) is 9.50. The SMILES string of the molecule is CC1(C)CNc2ccc(CC(=O)O)cc2N1. The Labute approximate surface area is 94.7 Å². The third kappa shape index (κ3) is 2.27. The molecule has 0 amide bonds. The molecule has 0 bridgehead atoms. The standard InChI is InChI=1S/C12H16N2O2/c1-12(2)7-13-9-4-3-8(6-11(15)16)5-10(9)14-12/h3-5,13-14H,6-7H2,1-2H3,(H,15,16). The van der Waals surface area contributed by atoms with Gasteiger partial charge in [0.15, 0.2) is 0 Å². The minimum Gasteiger partial charge on any atom is -0.481 e. The van der Waals surface area contributed by atoms with E-state index in [1.807, 2.05) is 18.2 Å². The number of nitrogens with one attached hydrogen (secondary N) is 2. The maximum absolute atomic E-state index is 10.6. The van der Waals surface area contributed by atoms with Crippen molar-refractivity contribution in [2.75, 3.05) is 17.2 Å². The van der Waals surface area contributed by atoms with E-state index in [0.717, 1.165) is 23.5 Å². The van der Waals surface area contributed by atoms with E-state index in [1.165, 1.54) is 0 Å². The summed E-state index contributed by atoms with van der Waals surface area (Å²) in [5.74, 6) is -0.803. The average Bonchev–Trinajstić information content (AvgIpc) is 2.14. The number of carbonyl (C=O) groups is 1. The van der Waals surface area contributed by atoms with Crippen molar-refractivity contribution in [3.8, 4) is 0 Å². The van der Waals surface area contributed by atoms with E-state index >= 15 is 0 Å². The van der Waals surface area contributed by atoms with Gasteiger partial charge in [-0.3, -0.25) is 4.79 Å². The Balaban J connectivity index is 2.27. The van der Waals surface area contributed by atoms with Crippen LogP contribution in [-0.4, -0.2) is 23.2 Å². The molecule has 16 heavy (non-hydrogen) atoms. The average molecular weight is 220 g/mol. The van der Waals surface area contributed by atoms with E-state index in [0.29, 0.717) is 0 Å². The van der Waals surface area contributed by atoms with Crippen LogP contribution in [0, 0.1) is 0 Å². The first-order valence-corrected chi connectivity index (χ1v) is 5.33. The Hall–Kier alpha value is -1.71. The van der Waals surface area contributed by atoms with E-state index in [-0.39, 0.29) is 12.0 Å². The smallest absolute Gasteiger partial charge is 0.307 e. The molecule has 0 spiro atoms. The fourth-order valence-electron chi connectivity index (χ4n) is 1.86. The predicted molar refractivity (Wildman–Crippen MR) is 64.0 cm³/mol. The van der Waals surface area contributed by atoms with Gasteiger partial charge < -0.3 is 15.7 Å². The van der Waals surface area contributed by atoms with Crippen molar-refractivity contribution in [3.05, 3.63) is 23.8 Å². The molecule has 0 fully saturated rings. The van der Waals surface area contributed by atoms with Crippen LogP contribution in [0.5, 0.6) is 0 Å². The van der Waals surface area contributed by atoms with Crippen LogP contribution in [0.3, 0.4) is 0 Å². The van der Waals surface area contributed by atoms with Gasteiger partial charge in [0, 0.05) is 12.1 Å². The highest BCUT2D eigenvalue weighted by atomic mass is 16.4. The summed E-state index contributed by atoms with van der Waals surface area (Å²) in [6.45, 7) is 5.07. The normalized spacial score (nSPS) is 16.9. The number of carboxylic acids is 1. The van der Waals surface area contributed by atoms with Crippen molar-refractivity contribution in [2.24, 2.45) is 0 Å². The summed E-state index contributed by atoms with van der Waals surface area (Å²) in [5, 5.41) is 15.5. The van der Waals surface area contributed by atoms with Crippen LogP contribution >= 0.6 is 0 Å². The summed E-state index contributed by atoms with van der Waals surface area (Å²) in [6.07, 6.45) is 0.0649. The maximum atomic E-state index is 10.6. The molecule has 1 aliphatic heterocycles. The lowest BCUT2D eigenvalue weighted by Crippen LogP contribution is -2.42. The zero-order chi connectivity index (χ0) is 11.8. The highest BCUT2D eigenvalue weighted by Crippen LogP contribution is 2.30. The number of anilines is 2. The number of rotatable bonds is 2. The lowest BCUT2D eigenvalue weighted by Gasteiger charge is -2.34. The first-order chi connectivity index (χ1) is 7.46. The van der Waals surface area contributed by atoms with Crippen LogP contribution in [-0.2, 0) is 11.2 Å². The van der Waals surface area contributed by atoms with Crippen molar-refractivity contribution >= 4 is 17.3 Å². The Kier molecular flexibility index (Phi) is 2.50. The van der Waals surface area contributed by atoms with Gasteiger partial charge in [0.2, 0.25) is 0 Å². The van der Waals surface area contributed by atoms with Crippen LogP contribution in [0.4, 0.5) is 11.4 Å². The predicted octanol–water partition coefficient (Wildman–Crippen LogP) is 1.93. The fraction of sp³-hybridized carbons (Fsp3) is 0.417. The fourth-order valence-corrected chi connectivity index (χ4v) is 1.86.